The molecule has 0 bridgehead atoms. The smallest absolute Gasteiger partial charge is 0.220 e. The summed E-state index contributed by atoms with van der Waals surface area (Å²) in [5, 5.41) is 3.32. The van der Waals surface area contributed by atoms with Crippen LogP contribution in [-0.2, 0) is 24.1 Å². The molecule has 0 radical (unpaired) electrons. The Morgan fingerprint density at radius 1 is 0.944 bits per heavy atom. The Bertz CT molecular complexity index is 995. The molecule has 2 aromatic rings. The monoisotopic (exact) mass is 490 g/mol. The lowest BCUT2D eigenvalue weighted by Gasteiger charge is -2.25. The van der Waals surface area contributed by atoms with Gasteiger partial charge in [-0.1, -0.05) is 49.7 Å². The number of hydrogen-bond donors (Lipinski definition) is 1. The Morgan fingerprint density at radius 3 is 2.47 bits per heavy atom. The number of fused-ring (bicyclic) bond motifs is 1. The second kappa shape index (κ2) is 13.6. The van der Waals surface area contributed by atoms with Gasteiger partial charge >= 0.3 is 0 Å². The van der Waals surface area contributed by atoms with E-state index in [0.29, 0.717) is 12.8 Å². The maximum atomic E-state index is 12.8. The van der Waals surface area contributed by atoms with Crippen LogP contribution < -0.4 is 10.1 Å². The molecule has 1 amide bonds. The minimum atomic E-state index is 0.102. The molecule has 2 aromatic carbocycles. The molecule has 1 N–H and O–H groups in total. The van der Waals surface area contributed by atoms with E-state index in [1.807, 2.05) is 24.3 Å². The summed E-state index contributed by atoms with van der Waals surface area (Å²) in [4.78, 5) is 27.7. The lowest BCUT2D eigenvalue weighted by Crippen LogP contribution is -2.44. The molecule has 1 fully saturated rings. The van der Waals surface area contributed by atoms with Crippen molar-refractivity contribution in [2.24, 2.45) is 0 Å². The third-order valence-corrected chi connectivity index (χ3v) is 7.50. The number of nitrogens with zero attached hydrogens (tertiary/aromatic N) is 1. The molecule has 5 heteroatoms. The highest BCUT2D eigenvalue weighted by Gasteiger charge is 2.21. The molecular weight excluding hydrogens is 448 g/mol. The predicted octanol–water partition coefficient (Wildman–Crippen LogP) is 5.53. The standard InChI is InChI=1S/C31H42N2O3/c1-2-24-12-15-26(16-13-24)29(34)10-4-3-5-11-31(35)32-28(23-33-18-6-7-19-33)21-25-14-17-27-9-8-20-36-30(27)22-25/h12-17,22,28H,2-11,18-21,23H2,1H3,(H,32,35)/t28-/m0/s1. The zero-order valence-corrected chi connectivity index (χ0v) is 21.9. The van der Waals surface area contributed by atoms with Gasteiger partial charge in [-0.2, -0.15) is 0 Å². The molecule has 1 atom stereocenters. The van der Waals surface area contributed by atoms with Crippen molar-refractivity contribution in [3.8, 4) is 5.75 Å². The number of amides is 1. The van der Waals surface area contributed by atoms with Crippen LogP contribution in [0.5, 0.6) is 5.75 Å². The van der Waals surface area contributed by atoms with Gasteiger partial charge in [0.15, 0.2) is 5.78 Å². The van der Waals surface area contributed by atoms with Crippen molar-refractivity contribution in [1.29, 1.82) is 0 Å². The number of unbranched alkanes of at least 4 members (excludes halogenated alkanes) is 2. The Hall–Kier alpha value is -2.66. The highest BCUT2D eigenvalue weighted by Crippen LogP contribution is 2.26. The molecular formula is C31H42N2O3. The van der Waals surface area contributed by atoms with Crippen LogP contribution in [-0.4, -0.2) is 48.9 Å². The van der Waals surface area contributed by atoms with Crippen molar-refractivity contribution in [2.45, 2.75) is 83.6 Å². The zero-order chi connectivity index (χ0) is 25.2. The summed E-state index contributed by atoms with van der Waals surface area (Å²) >= 11 is 0. The SMILES string of the molecule is CCc1ccc(C(=O)CCCCCC(=O)N[C@@H](Cc2ccc3c(c2)OCCC3)CN2CCCC2)cc1. The number of rotatable bonds is 13. The highest BCUT2D eigenvalue weighted by atomic mass is 16.5. The maximum absolute atomic E-state index is 12.8. The van der Waals surface area contributed by atoms with Crippen molar-refractivity contribution in [2.75, 3.05) is 26.2 Å². The van der Waals surface area contributed by atoms with Gasteiger partial charge in [-0.05, 0) is 87.2 Å². The number of aryl methyl sites for hydroxylation is 2. The average Bonchev–Trinajstić information content (AvgIpc) is 3.41. The number of ether oxygens (including phenoxy) is 1. The van der Waals surface area contributed by atoms with Gasteiger partial charge in [0.1, 0.15) is 5.75 Å². The van der Waals surface area contributed by atoms with E-state index >= 15 is 0 Å². The van der Waals surface area contributed by atoms with Crippen molar-refractivity contribution in [1.82, 2.24) is 10.2 Å². The van der Waals surface area contributed by atoms with Crippen LogP contribution in [0.15, 0.2) is 42.5 Å². The summed E-state index contributed by atoms with van der Waals surface area (Å²) < 4.78 is 5.87. The zero-order valence-electron chi connectivity index (χ0n) is 21.9. The van der Waals surface area contributed by atoms with Gasteiger partial charge in [0, 0.05) is 31.0 Å². The third-order valence-electron chi connectivity index (χ3n) is 7.50. The summed E-state index contributed by atoms with van der Waals surface area (Å²) in [6.45, 7) is 6.05. The van der Waals surface area contributed by atoms with Crippen molar-refractivity contribution in [3.05, 3.63) is 64.7 Å². The summed E-state index contributed by atoms with van der Waals surface area (Å²) in [6, 6.07) is 14.6. The summed E-state index contributed by atoms with van der Waals surface area (Å²) in [6.07, 6.45) is 10.1. The van der Waals surface area contributed by atoms with E-state index in [2.05, 4.69) is 35.3 Å². The molecule has 2 aliphatic rings. The summed E-state index contributed by atoms with van der Waals surface area (Å²) in [5.74, 6) is 1.33. The third kappa shape index (κ3) is 7.92. The molecule has 0 unspecified atom stereocenters. The molecule has 0 spiro atoms. The van der Waals surface area contributed by atoms with E-state index in [4.69, 9.17) is 4.74 Å². The fourth-order valence-electron chi connectivity index (χ4n) is 5.35. The minimum absolute atomic E-state index is 0.102. The van der Waals surface area contributed by atoms with Gasteiger partial charge < -0.3 is 15.0 Å². The molecule has 0 saturated carbocycles. The second-order valence-electron chi connectivity index (χ2n) is 10.4. The van der Waals surface area contributed by atoms with Crippen molar-refractivity contribution >= 4 is 11.7 Å². The Kier molecular flexibility index (Phi) is 9.97. The molecule has 0 aliphatic carbocycles. The van der Waals surface area contributed by atoms with Gasteiger partial charge in [-0.15, -0.1) is 0 Å². The van der Waals surface area contributed by atoms with Crippen LogP contribution in [0, 0.1) is 0 Å². The molecule has 5 nitrogen and oxygen atoms in total. The predicted molar refractivity (Wildman–Crippen MR) is 145 cm³/mol. The first-order valence-corrected chi connectivity index (χ1v) is 14.0. The van der Waals surface area contributed by atoms with E-state index < -0.39 is 0 Å². The van der Waals surface area contributed by atoms with E-state index in [1.165, 1.54) is 29.5 Å². The topological polar surface area (TPSA) is 58.6 Å². The Labute approximate surface area is 216 Å². The molecule has 4 rings (SSSR count). The molecule has 36 heavy (non-hydrogen) atoms. The van der Waals surface area contributed by atoms with E-state index in [1.54, 1.807) is 0 Å². The molecule has 194 valence electrons. The van der Waals surface area contributed by atoms with Crippen molar-refractivity contribution < 1.29 is 14.3 Å². The average molecular weight is 491 g/mol. The van der Waals surface area contributed by atoms with E-state index in [0.717, 1.165) is 82.5 Å². The highest BCUT2D eigenvalue weighted by molar-refractivity contribution is 5.96. The number of carbonyl (C=O) groups excluding carboxylic acids is 2. The van der Waals surface area contributed by atoms with Gasteiger partial charge in [-0.3, -0.25) is 9.59 Å². The maximum Gasteiger partial charge on any atom is 0.220 e. The second-order valence-corrected chi connectivity index (χ2v) is 10.4. The van der Waals surface area contributed by atoms with E-state index in [9.17, 15) is 9.59 Å². The lowest BCUT2D eigenvalue weighted by atomic mass is 9.99. The fourth-order valence-corrected chi connectivity index (χ4v) is 5.35. The van der Waals surface area contributed by atoms with Crippen LogP contribution >= 0.6 is 0 Å². The first-order valence-electron chi connectivity index (χ1n) is 14.0. The number of likely N-dealkylation sites (tertiary alicyclic amines) is 1. The number of Topliss-reactive ketones (excluding diaryl/α,β-unsaturated/α-hetero) is 1. The van der Waals surface area contributed by atoms with Gasteiger partial charge in [0.2, 0.25) is 5.91 Å². The van der Waals surface area contributed by atoms with E-state index in [-0.39, 0.29) is 17.7 Å². The fraction of sp³-hybridized carbons (Fsp3) is 0.548. The number of benzene rings is 2. The van der Waals surface area contributed by atoms with Gasteiger partial charge in [0.05, 0.1) is 6.61 Å². The summed E-state index contributed by atoms with van der Waals surface area (Å²) in [7, 11) is 0. The quantitative estimate of drug-likeness (QED) is 0.296. The number of nitrogens with one attached hydrogen (secondary N) is 1. The molecule has 0 aromatic heterocycles. The minimum Gasteiger partial charge on any atom is -0.493 e. The first kappa shape index (κ1) is 26.4. The van der Waals surface area contributed by atoms with Crippen LogP contribution in [0.2, 0.25) is 0 Å². The van der Waals surface area contributed by atoms with Crippen molar-refractivity contribution in [3.63, 3.8) is 0 Å². The first-order chi connectivity index (χ1) is 17.6. The molecule has 1 saturated heterocycles. The Morgan fingerprint density at radius 2 is 1.69 bits per heavy atom. The van der Waals surface area contributed by atoms with Crippen LogP contribution in [0.1, 0.15) is 85.3 Å². The number of hydrogen-bond acceptors (Lipinski definition) is 4. The largest absolute Gasteiger partial charge is 0.493 e. The van der Waals surface area contributed by atoms with Crippen LogP contribution in [0.25, 0.3) is 0 Å². The van der Waals surface area contributed by atoms with Crippen LogP contribution in [0.4, 0.5) is 0 Å². The normalized spacial score (nSPS) is 16.2. The molecule has 2 aliphatic heterocycles. The van der Waals surface area contributed by atoms with Gasteiger partial charge in [0.25, 0.3) is 0 Å². The Balaban J connectivity index is 1.22. The van der Waals surface area contributed by atoms with Crippen LogP contribution in [0.3, 0.4) is 0 Å². The lowest BCUT2D eigenvalue weighted by molar-refractivity contribution is -0.122. The summed E-state index contributed by atoms with van der Waals surface area (Å²) in [5.41, 5.74) is 4.56. The number of ketones is 1. The van der Waals surface area contributed by atoms with Gasteiger partial charge in [-0.25, -0.2) is 0 Å². The molecule has 2 heterocycles. The number of carbonyl (C=O) groups is 2.